The lowest BCUT2D eigenvalue weighted by molar-refractivity contribution is -0.385. The lowest BCUT2D eigenvalue weighted by Crippen LogP contribution is -2.06. The predicted octanol–water partition coefficient (Wildman–Crippen LogP) is 1.54. The van der Waals surface area contributed by atoms with Crippen molar-refractivity contribution < 1.29 is 14.5 Å². The van der Waals surface area contributed by atoms with Crippen molar-refractivity contribution in [3.05, 3.63) is 33.4 Å². The van der Waals surface area contributed by atoms with Crippen molar-refractivity contribution in [3.63, 3.8) is 0 Å². The fraction of sp³-hybridized carbons (Fsp3) is 0.111. The zero-order valence-corrected chi connectivity index (χ0v) is 9.02. The van der Waals surface area contributed by atoms with E-state index in [1.165, 1.54) is 0 Å². The fourth-order valence-corrected chi connectivity index (χ4v) is 1.41. The number of nitrogens with zero attached hydrogens (tertiary/aromatic N) is 2. The smallest absolute Gasteiger partial charge is 0.339 e. The Morgan fingerprint density at radius 1 is 1.62 bits per heavy atom. The van der Waals surface area contributed by atoms with Crippen molar-refractivity contribution in [2.24, 2.45) is 0 Å². The van der Waals surface area contributed by atoms with Crippen LogP contribution in [0.5, 0.6) is 0 Å². The third-order valence-corrected chi connectivity index (χ3v) is 2.18. The Hall–Kier alpha value is -2.07. The van der Waals surface area contributed by atoms with Gasteiger partial charge in [-0.1, -0.05) is 0 Å². The summed E-state index contributed by atoms with van der Waals surface area (Å²) in [5.74, 6) is -0.810. The van der Waals surface area contributed by atoms with Crippen LogP contribution in [0.2, 0.25) is 0 Å². The van der Waals surface area contributed by atoms with Crippen molar-refractivity contribution in [1.29, 1.82) is 5.26 Å². The Bertz CT molecular complexity index is 507. The van der Waals surface area contributed by atoms with Crippen LogP contribution in [0.4, 0.5) is 5.69 Å². The van der Waals surface area contributed by atoms with Crippen LogP contribution in [0.15, 0.2) is 17.0 Å². The molecule has 0 aromatic heterocycles. The Morgan fingerprint density at radius 3 is 2.69 bits per heavy atom. The van der Waals surface area contributed by atoms with E-state index in [0.717, 1.165) is 19.2 Å². The van der Waals surface area contributed by atoms with Gasteiger partial charge in [-0.05, 0) is 0 Å². The first-order chi connectivity index (χ1) is 7.51. The number of nitriles is 1. The van der Waals surface area contributed by atoms with E-state index in [-0.39, 0.29) is 21.7 Å². The molecule has 0 spiro atoms. The van der Waals surface area contributed by atoms with Gasteiger partial charge < -0.3 is 4.74 Å². The molecular formula is C9H6N2O4S. The molecule has 0 unspecified atom stereocenters. The molecule has 1 rings (SSSR count). The summed E-state index contributed by atoms with van der Waals surface area (Å²) in [4.78, 5) is 21.2. The van der Waals surface area contributed by atoms with Crippen molar-refractivity contribution in [1.82, 2.24) is 0 Å². The van der Waals surface area contributed by atoms with E-state index in [0.29, 0.717) is 0 Å². The van der Waals surface area contributed by atoms with Gasteiger partial charge in [0.15, 0.2) is 0 Å². The van der Waals surface area contributed by atoms with Gasteiger partial charge in [0.1, 0.15) is 6.07 Å². The Morgan fingerprint density at radius 2 is 2.25 bits per heavy atom. The predicted molar refractivity (Wildman–Crippen MR) is 56.4 cm³/mol. The van der Waals surface area contributed by atoms with Crippen LogP contribution in [0.1, 0.15) is 15.9 Å². The van der Waals surface area contributed by atoms with Gasteiger partial charge in [-0.3, -0.25) is 10.1 Å². The van der Waals surface area contributed by atoms with E-state index in [4.69, 9.17) is 5.26 Å². The molecule has 0 N–H and O–H groups in total. The highest BCUT2D eigenvalue weighted by atomic mass is 32.1. The van der Waals surface area contributed by atoms with Gasteiger partial charge in [-0.15, -0.1) is 12.6 Å². The summed E-state index contributed by atoms with van der Waals surface area (Å²) < 4.78 is 4.42. The second-order valence-electron chi connectivity index (χ2n) is 2.75. The van der Waals surface area contributed by atoms with Gasteiger partial charge in [0.25, 0.3) is 5.69 Å². The van der Waals surface area contributed by atoms with Gasteiger partial charge in [-0.25, -0.2) is 4.79 Å². The van der Waals surface area contributed by atoms with Gasteiger partial charge in [0.2, 0.25) is 0 Å². The average Bonchev–Trinajstić information content (AvgIpc) is 2.26. The van der Waals surface area contributed by atoms with Crippen LogP contribution in [-0.4, -0.2) is 18.0 Å². The quantitative estimate of drug-likeness (QED) is 0.365. The molecule has 16 heavy (non-hydrogen) atoms. The molecule has 0 heterocycles. The molecule has 0 atom stereocenters. The maximum atomic E-state index is 11.3. The number of nitro groups is 1. The summed E-state index contributed by atoms with van der Waals surface area (Å²) in [5.41, 5.74) is -0.519. The molecule has 0 saturated carbocycles. The standard InChI is InChI=1S/C9H6N2O4S/c1-15-9(12)6-2-5(11(13)14)3-8(16)7(6)4-10/h2-3,16H,1H3. The molecule has 0 fully saturated rings. The van der Waals surface area contributed by atoms with E-state index >= 15 is 0 Å². The first kappa shape index (κ1) is 12.0. The van der Waals surface area contributed by atoms with E-state index < -0.39 is 10.9 Å². The van der Waals surface area contributed by atoms with Crippen molar-refractivity contribution in [3.8, 4) is 6.07 Å². The number of hydrogen-bond donors (Lipinski definition) is 1. The minimum Gasteiger partial charge on any atom is -0.465 e. The molecule has 82 valence electrons. The first-order valence-corrected chi connectivity index (χ1v) is 4.45. The summed E-state index contributed by atoms with van der Waals surface area (Å²) in [6.45, 7) is 0. The van der Waals surface area contributed by atoms with Crippen LogP contribution in [-0.2, 0) is 4.74 Å². The lowest BCUT2D eigenvalue weighted by atomic mass is 10.1. The number of hydrogen-bond acceptors (Lipinski definition) is 6. The third kappa shape index (κ3) is 2.12. The summed E-state index contributed by atoms with van der Waals surface area (Å²) in [5, 5.41) is 19.3. The Kier molecular flexibility index (Phi) is 3.48. The molecule has 0 saturated heterocycles. The Balaban J connectivity index is 3.50. The summed E-state index contributed by atoms with van der Waals surface area (Å²) in [6, 6.07) is 3.84. The number of ether oxygens (including phenoxy) is 1. The maximum absolute atomic E-state index is 11.3. The van der Waals surface area contributed by atoms with E-state index in [9.17, 15) is 14.9 Å². The molecular weight excluding hydrogens is 232 g/mol. The number of carbonyl (C=O) groups is 1. The second-order valence-corrected chi connectivity index (χ2v) is 3.23. The van der Waals surface area contributed by atoms with Crippen molar-refractivity contribution in [2.45, 2.75) is 4.90 Å². The highest BCUT2D eigenvalue weighted by molar-refractivity contribution is 7.80. The van der Waals surface area contributed by atoms with Gasteiger partial charge in [-0.2, -0.15) is 5.26 Å². The van der Waals surface area contributed by atoms with Crippen LogP contribution in [0.3, 0.4) is 0 Å². The molecule has 0 aliphatic rings. The van der Waals surface area contributed by atoms with Crippen molar-refractivity contribution in [2.75, 3.05) is 7.11 Å². The number of carbonyl (C=O) groups excluding carboxylic acids is 1. The Labute approximate surface area is 96.0 Å². The number of thiol groups is 1. The largest absolute Gasteiger partial charge is 0.465 e. The fourth-order valence-electron chi connectivity index (χ4n) is 1.11. The number of benzene rings is 1. The number of non-ortho nitro benzene ring substituents is 1. The van der Waals surface area contributed by atoms with E-state index in [2.05, 4.69) is 17.4 Å². The number of esters is 1. The van der Waals surface area contributed by atoms with Crippen LogP contribution in [0, 0.1) is 21.4 Å². The van der Waals surface area contributed by atoms with Crippen LogP contribution >= 0.6 is 12.6 Å². The molecule has 0 bridgehead atoms. The monoisotopic (exact) mass is 238 g/mol. The van der Waals surface area contributed by atoms with Gasteiger partial charge in [0.05, 0.1) is 23.2 Å². The maximum Gasteiger partial charge on any atom is 0.339 e. The molecule has 0 amide bonds. The topological polar surface area (TPSA) is 93.2 Å². The lowest BCUT2D eigenvalue weighted by Gasteiger charge is -2.04. The minimum atomic E-state index is -0.810. The number of rotatable bonds is 2. The zero-order chi connectivity index (χ0) is 12.3. The molecule has 7 heteroatoms. The average molecular weight is 238 g/mol. The van der Waals surface area contributed by atoms with Gasteiger partial charge in [0, 0.05) is 17.0 Å². The SMILES string of the molecule is COC(=O)c1cc([N+](=O)[O-])cc(S)c1C#N. The van der Waals surface area contributed by atoms with Crippen molar-refractivity contribution >= 4 is 24.3 Å². The minimum absolute atomic E-state index is 0.0409. The molecule has 6 nitrogen and oxygen atoms in total. The molecule has 1 aromatic carbocycles. The van der Waals surface area contributed by atoms with Crippen LogP contribution in [0.25, 0.3) is 0 Å². The molecule has 0 radical (unpaired) electrons. The van der Waals surface area contributed by atoms with E-state index in [1.807, 2.05) is 0 Å². The molecule has 0 aliphatic heterocycles. The summed E-state index contributed by atoms with van der Waals surface area (Å²) in [6.07, 6.45) is 0. The summed E-state index contributed by atoms with van der Waals surface area (Å²) in [7, 11) is 1.13. The normalized spacial score (nSPS) is 9.31. The number of nitro benzene ring substituents is 1. The molecule has 0 aliphatic carbocycles. The second kappa shape index (κ2) is 4.63. The van der Waals surface area contributed by atoms with Gasteiger partial charge >= 0.3 is 5.97 Å². The highest BCUT2D eigenvalue weighted by Gasteiger charge is 2.20. The highest BCUT2D eigenvalue weighted by Crippen LogP contribution is 2.25. The zero-order valence-electron chi connectivity index (χ0n) is 8.13. The first-order valence-electron chi connectivity index (χ1n) is 4.01. The van der Waals surface area contributed by atoms with E-state index in [1.54, 1.807) is 6.07 Å². The summed E-state index contributed by atoms with van der Waals surface area (Å²) >= 11 is 3.91. The number of methoxy groups -OCH3 is 1. The molecule has 1 aromatic rings. The third-order valence-electron chi connectivity index (χ3n) is 1.83. The van der Waals surface area contributed by atoms with Crippen LogP contribution < -0.4 is 0 Å².